The van der Waals surface area contributed by atoms with Gasteiger partial charge in [-0.25, -0.2) is 4.39 Å². The number of rotatable bonds is 2. The molecule has 0 fully saturated rings. The van der Waals surface area contributed by atoms with E-state index in [0.29, 0.717) is 5.56 Å². The highest BCUT2D eigenvalue weighted by Crippen LogP contribution is 2.48. The van der Waals surface area contributed by atoms with Gasteiger partial charge in [-0.15, -0.1) is 0 Å². The number of H-pyrrole nitrogens is 1. The molecule has 4 aromatic rings. The van der Waals surface area contributed by atoms with Crippen LogP contribution >= 0.6 is 0 Å². The average Bonchev–Trinajstić information content (AvgIpc) is 3.14. The smallest absolute Gasteiger partial charge is 0.200 e. The van der Waals surface area contributed by atoms with Crippen LogP contribution < -0.4 is 0 Å². The Hall–Kier alpha value is -3.21. The molecule has 2 aromatic heterocycles. The fourth-order valence-electron chi connectivity index (χ4n) is 4.12. The van der Waals surface area contributed by atoms with E-state index in [1.165, 1.54) is 11.6 Å². The molecule has 0 atom stereocenters. The zero-order valence-corrected chi connectivity index (χ0v) is 14.0. The monoisotopic (exact) mass is 348 g/mol. The minimum absolute atomic E-state index is 0.163. The Morgan fingerprint density at radius 2 is 1.69 bits per heavy atom. The van der Waals surface area contributed by atoms with Crippen molar-refractivity contribution in [3.8, 4) is 34.0 Å². The molecule has 5 rings (SSSR count). The van der Waals surface area contributed by atoms with E-state index < -0.39 is 5.82 Å². The van der Waals surface area contributed by atoms with Gasteiger partial charge in [0.15, 0.2) is 11.8 Å². The van der Waals surface area contributed by atoms with E-state index in [-0.39, 0.29) is 22.9 Å². The molecule has 26 heavy (non-hydrogen) atoms. The van der Waals surface area contributed by atoms with Crippen LogP contribution in [0.2, 0.25) is 0 Å². The first-order valence-corrected chi connectivity index (χ1v) is 8.65. The van der Waals surface area contributed by atoms with Crippen molar-refractivity contribution in [2.45, 2.75) is 19.4 Å². The maximum absolute atomic E-state index is 14.4. The maximum Gasteiger partial charge on any atom is 0.200 e. The molecule has 130 valence electrons. The Labute approximate surface area is 149 Å². The Bertz CT molecular complexity index is 1160. The number of hydrogen-bond acceptors (Lipinski definition) is 2. The summed E-state index contributed by atoms with van der Waals surface area (Å²) in [5.74, 6) is -0.851. The molecule has 4 nitrogen and oxygen atoms in total. The lowest BCUT2D eigenvalue weighted by Gasteiger charge is -2.14. The molecule has 0 saturated carbocycles. The van der Waals surface area contributed by atoms with Crippen LogP contribution in [-0.4, -0.2) is 19.8 Å². The topological polar surface area (TPSA) is 61.2 Å². The predicted octanol–water partition coefficient (Wildman–Crippen LogP) is 4.80. The highest BCUT2D eigenvalue weighted by molar-refractivity contribution is 6.04. The van der Waals surface area contributed by atoms with Gasteiger partial charge in [0.25, 0.3) is 0 Å². The summed E-state index contributed by atoms with van der Waals surface area (Å²) in [6, 6.07) is 12.4. The van der Waals surface area contributed by atoms with Crippen LogP contribution in [0.25, 0.3) is 33.2 Å². The van der Waals surface area contributed by atoms with Gasteiger partial charge in [-0.1, -0.05) is 36.4 Å². The van der Waals surface area contributed by atoms with E-state index >= 15 is 0 Å². The van der Waals surface area contributed by atoms with Crippen LogP contribution in [0.1, 0.15) is 12.0 Å². The molecule has 1 aliphatic rings. The van der Waals surface area contributed by atoms with Gasteiger partial charge >= 0.3 is 0 Å². The summed E-state index contributed by atoms with van der Waals surface area (Å²) in [6.45, 7) is 0.902. The van der Waals surface area contributed by atoms with E-state index in [1.807, 2.05) is 18.3 Å². The first kappa shape index (κ1) is 15.1. The molecule has 0 saturated heterocycles. The van der Waals surface area contributed by atoms with Crippen molar-refractivity contribution in [1.82, 2.24) is 9.55 Å². The molecule has 3 N–H and O–H groups in total. The largest absolute Gasteiger partial charge is 0.494 e. The van der Waals surface area contributed by atoms with Crippen molar-refractivity contribution in [2.24, 2.45) is 0 Å². The summed E-state index contributed by atoms with van der Waals surface area (Å²) < 4.78 is 16.6. The molecule has 0 bridgehead atoms. The van der Waals surface area contributed by atoms with E-state index in [2.05, 4.69) is 15.6 Å². The van der Waals surface area contributed by atoms with Crippen molar-refractivity contribution < 1.29 is 14.6 Å². The fraction of sp³-hybridized carbons (Fsp3) is 0.143. The van der Waals surface area contributed by atoms with Crippen molar-refractivity contribution >= 4 is 10.9 Å². The first-order valence-electron chi connectivity index (χ1n) is 8.65. The third kappa shape index (κ3) is 2.00. The Balaban J connectivity index is 1.85. The Kier molecular flexibility index (Phi) is 3.13. The quantitative estimate of drug-likeness (QED) is 0.487. The van der Waals surface area contributed by atoms with Crippen LogP contribution in [0.5, 0.6) is 11.8 Å². The summed E-state index contributed by atoms with van der Waals surface area (Å²) in [5.41, 5.74) is 4.17. The second-order valence-electron chi connectivity index (χ2n) is 6.71. The van der Waals surface area contributed by atoms with E-state index in [1.54, 1.807) is 18.2 Å². The number of aromatic nitrogens is 2. The molecule has 1 aliphatic heterocycles. The molecule has 0 amide bonds. The van der Waals surface area contributed by atoms with Crippen LogP contribution in [-0.2, 0) is 13.0 Å². The highest BCUT2D eigenvalue weighted by atomic mass is 19.1. The van der Waals surface area contributed by atoms with Gasteiger partial charge in [-0.3, -0.25) is 4.98 Å². The van der Waals surface area contributed by atoms with Gasteiger partial charge in [-0.2, -0.15) is 0 Å². The number of nitrogens with one attached hydrogen (secondary N) is 1. The molecule has 2 aromatic carbocycles. The lowest BCUT2D eigenvalue weighted by atomic mass is 9.96. The SMILES string of the molecule is Oc1[nH]c(O)c(-c2cn3c4c(cccc24)CCC3)c1-c1ccccc1F. The lowest BCUT2D eigenvalue weighted by Crippen LogP contribution is -2.05. The fourth-order valence-corrected chi connectivity index (χ4v) is 4.12. The van der Waals surface area contributed by atoms with Crippen LogP contribution in [0.3, 0.4) is 0 Å². The molecule has 0 aliphatic carbocycles. The molecular weight excluding hydrogens is 331 g/mol. The number of halogens is 1. The van der Waals surface area contributed by atoms with E-state index in [9.17, 15) is 14.6 Å². The lowest BCUT2D eigenvalue weighted by molar-refractivity contribution is 0.426. The molecule has 0 unspecified atom stereocenters. The van der Waals surface area contributed by atoms with Crippen LogP contribution in [0.15, 0.2) is 48.7 Å². The molecular formula is C21H17FN2O2. The zero-order chi connectivity index (χ0) is 17.8. The molecule has 0 radical (unpaired) electrons. The average molecular weight is 348 g/mol. The van der Waals surface area contributed by atoms with Crippen molar-refractivity contribution in [2.75, 3.05) is 0 Å². The highest BCUT2D eigenvalue weighted by Gasteiger charge is 2.26. The van der Waals surface area contributed by atoms with Gasteiger partial charge in [0.1, 0.15) is 5.82 Å². The predicted molar refractivity (Wildman–Crippen MR) is 98.8 cm³/mol. The number of nitrogens with zero attached hydrogens (tertiary/aromatic N) is 1. The third-order valence-electron chi connectivity index (χ3n) is 5.20. The summed E-state index contributed by atoms with van der Waals surface area (Å²) in [5, 5.41) is 21.9. The number of aromatic amines is 1. The standard InChI is InChI=1S/C21H17FN2O2/c22-16-9-2-1-7-14(16)17-18(21(26)23-20(17)25)15-11-24-10-4-6-12-5-3-8-13(15)19(12)24/h1-3,5,7-9,11,23,25-26H,4,6,10H2. The Morgan fingerprint density at radius 1 is 0.923 bits per heavy atom. The van der Waals surface area contributed by atoms with Gasteiger partial charge in [0.05, 0.1) is 16.6 Å². The number of aryl methyl sites for hydroxylation is 2. The molecule has 3 heterocycles. The van der Waals surface area contributed by atoms with Crippen LogP contribution in [0.4, 0.5) is 4.39 Å². The maximum atomic E-state index is 14.4. The molecule has 0 spiro atoms. The van der Waals surface area contributed by atoms with Crippen LogP contribution in [0, 0.1) is 5.82 Å². The molecule has 5 heteroatoms. The zero-order valence-electron chi connectivity index (χ0n) is 14.0. The van der Waals surface area contributed by atoms with E-state index in [4.69, 9.17) is 0 Å². The third-order valence-corrected chi connectivity index (χ3v) is 5.20. The summed E-state index contributed by atoms with van der Waals surface area (Å²) in [6.07, 6.45) is 4.07. The normalized spacial score (nSPS) is 13.4. The minimum Gasteiger partial charge on any atom is -0.494 e. The minimum atomic E-state index is -0.447. The van der Waals surface area contributed by atoms with Crippen molar-refractivity contribution in [1.29, 1.82) is 0 Å². The van der Waals surface area contributed by atoms with Gasteiger partial charge in [0.2, 0.25) is 0 Å². The number of para-hydroxylation sites is 1. The van der Waals surface area contributed by atoms with Gasteiger partial charge < -0.3 is 14.8 Å². The Morgan fingerprint density at radius 3 is 2.50 bits per heavy atom. The van der Waals surface area contributed by atoms with Crippen molar-refractivity contribution in [3.63, 3.8) is 0 Å². The second-order valence-corrected chi connectivity index (χ2v) is 6.71. The van der Waals surface area contributed by atoms with Crippen molar-refractivity contribution in [3.05, 3.63) is 60.0 Å². The number of benzene rings is 2. The van der Waals surface area contributed by atoms with Gasteiger partial charge in [0, 0.05) is 29.3 Å². The number of hydrogen-bond donors (Lipinski definition) is 3. The first-order chi connectivity index (χ1) is 12.6. The van der Waals surface area contributed by atoms with E-state index in [0.717, 1.165) is 35.9 Å². The second kappa shape index (κ2) is 5.39. The summed E-state index contributed by atoms with van der Waals surface area (Å²) in [4.78, 5) is 2.56. The number of aromatic hydroxyl groups is 2. The van der Waals surface area contributed by atoms with Gasteiger partial charge in [-0.05, 0) is 24.5 Å². The summed E-state index contributed by atoms with van der Waals surface area (Å²) >= 11 is 0. The summed E-state index contributed by atoms with van der Waals surface area (Å²) in [7, 11) is 0.